The molecule has 1 aliphatic heterocycles. The molecule has 0 atom stereocenters. The largest absolute Gasteiger partial charge is 0.345 e. The lowest BCUT2D eigenvalue weighted by molar-refractivity contribution is -0.128. The summed E-state index contributed by atoms with van der Waals surface area (Å²) in [5.74, 6) is 0.893. The first-order valence-electron chi connectivity index (χ1n) is 3.61. The Kier molecular flexibility index (Phi) is 2.12. The second-order valence-electron chi connectivity index (χ2n) is 2.65. The zero-order valence-electron chi connectivity index (χ0n) is 7.16. The van der Waals surface area contributed by atoms with Gasteiger partial charge in [0.2, 0.25) is 11.9 Å². The van der Waals surface area contributed by atoms with E-state index in [1.165, 1.54) is 0 Å². The van der Waals surface area contributed by atoms with Crippen LogP contribution >= 0.6 is 0 Å². The molecule has 0 aromatic carbocycles. The number of hydrogen-bond donors (Lipinski definition) is 0. The molecule has 1 heterocycles. The molecule has 0 aromatic heterocycles. The second-order valence-corrected chi connectivity index (χ2v) is 2.65. The number of aliphatic imine (C=N–C) groups is 1. The Morgan fingerprint density at radius 1 is 1.45 bits per heavy atom. The van der Waals surface area contributed by atoms with Crippen LogP contribution in [0.3, 0.4) is 0 Å². The first kappa shape index (κ1) is 8.04. The lowest BCUT2D eigenvalue weighted by Crippen LogP contribution is -2.49. The summed E-state index contributed by atoms with van der Waals surface area (Å²) >= 11 is 0. The van der Waals surface area contributed by atoms with Gasteiger partial charge in [-0.15, -0.1) is 0 Å². The van der Waals surface area contributed by atoms with Gasteiger partial charge in [0.05, 0.1) is 0 Å². The van der Waals surface area contributed by atoms with Crippen molar-refractivity contribution in [1.82, 2.24) is 9.80 Å². The van der Waals surface area contributed by atoms with Crippen molar-refractivity contribution < 1.29 is 4.79 Å². The van der Waals surface area contributed by atoms with Crippen molar-refractivity contribution in [2.24, 2.45) is 4.99 Å². The molecule has 0 bridgehead atoms. The Morgan fingerprint density at radius 3 is 2.55 bits per heavy atom. The van der Waals surface area contributed by atoms with E-state index in [1.807, 2.05) is 11.9 Å². The molecule has 0 radical (unpaired) electrons. The van der Waals surface area contributed by atoms with Gasteiger partial charge >= 0.3 is 0 Å². The monoisotopic (exact) mass is 155 g/mol. The number of carbonyl (C=O) groups excluding carboxylic acids is 1. The quantitative estimate of drug-likeness (QED) is 0.484. The first-order valence-corrected chi connectivity index (χ1v) is 3.61. The molecule has 62 valence electrons. The highest BCUT2D eigenvalue weighted by atomic mass is 16.2. The zero-order valence-corrected chi connectivity index (χ0v) is 7.16. The normalized spacial score (nSPS) is 23.2. The Hall–Kier alpha value is -1.06. The third-order valence-corrected chi connectivity index (χ3v) is 1.88. The van der Waals surface area contributed by atoms with E-state index >= 15 is 0 Å². The highest BCUT2D eigenvalue weighted by Crippen LogP contribution is 2.05. The van der Waals surface area contributed by atoms with Crippen molar-refractivity contribution in [3.63, 3.8) is 0 Å². The Balaban J connectivity index is 2.80. The maximum absolute atomic E-state index is 11.1. The first-order chi connectivity index (χ1) is 5.16. The van der Waals surface area contributed by atoms with Gasteiger partial charge in [0, 0.05) is 34.1 Å². The van der Waals surface area contributed by atoms with Crippen LogP contribution in [0.4, 0.5) is 0 Å². The van der Waals surface area contributed by atoms with Crippen molar-refractivity contribution in [2.45, 2.75) is 6.42 Å². The van der Waals surface area contributed by atoms with Gasteiger partial charge in [0.1, 0.15) is 0 Å². The fourth-order valence-corrected chi connectivity index (χ4v) is 1.22. The molecule has 1 aliphatic rings. The molecule has 4 nitrogen and oxygen atoms in total. The predicted molar refractivity (Wildman–Crippen MR) is 43.4 cm³/mol. The molecule has 0 spiro atoms. The lowest BCUT2D eigenvalue weighted by atomic mass is 10.3. The summed E-state index contributed by atoms with van der Waals surface area (Å²) in [5, 5.41) is 0. The van der Waals surface area contributed by atoms with Crippen LogP contribution in [0.2, 0.25) is 0 Å². The molecule has 1 fully saturated rings. The number of nitrogens with zero attached hydrogens (tertiary/aromatic N) is 3. The molecular weight excluding hydrogens is 142 g/mol. The van der Waals surface area contributed by atoms with Gasteiger partial charge in [-0.1, -0.05) is 0 Å². The molecule has 0 unspecified atom stereocenters. The van der Waals surface area contributed by atoms with Crippen LogP contribution in [0.25, 0.3) is 0 Å². The van der Waals surface area contributed by atoms with E-state index in [1.54, 1.807) is 19.0 Å². The summed E-state index contributed by atoms with van der Waals surface area (Å²) in [5.41, 5.74) is 0. The Morgan fingerprint density at radius 2 is 2.09 bits per heavy atom. The number of amides is 1. The molecule has 0 aliphatic carbocycles. The summed E-state index contributed by atoms with van der Waals surface area (Å²) < 4.78 is 0. The van der Waals surface area contributed by atoms with Crippen LogP contribution in [0.1, 0.15) is 6.42 Å². The second kappa shape index (κ2) is 2.90. The minimum Gasteiger partial charge on any atom is -0.345 e. The van der Waals surface area contributed by atoms with Crippen LogP contribution in [0, 0.1) is 0 Å². The standard InChI is InChI=1S/C7H13N3O/c1-8-7-9(2)5-4-6(11)10(7)3/h4-5H2,1-3H3. The fourth-order valence-electron chi connectivity index (χ4n) is 1.22. The minimum atomic E-state index is 0.142. The van der Waals surface area contributed by atoms with Crippen LogP contribution in [0.5, 0.6) is 0 Å². The van der Waals surface area contributed by atoms with Crippen LogP contribution < -0.4 is 0 Å². The molecule has 0 saturated carbocycles. The van der Waals surface area contributed by atoms with E-state index in [-0.39, 0.29) is 5.91 Å². The molecule has 4 heteroatoms. The summed E-state index contributed by atoms with van der Waals surface area (Å²) in [6.07, 6.45) is 0.589. The lowest BCUT2D eigenvalue weighted by Gasteiger charge is -2.32. The molecule has 1 amide bonds. The SMILES string of the molecule is CN=C1N(C)CCC(=O)N1C. The van der Waals surface area contributed by atoms with Gasteiger partial charge in [0.25, 0.3) is 0 Å². The van der Waals surface area contributed by atoms with Crippen molar-refractivity contribution >= 4 is 11.9 Å². The van der Waals surface area contributed by atoms with E-state index in [0.717, 1.165) is 12.5 Å². The van der Waals surface area contributed by atoms with Crippen molar-refractivity contribution in [3.8, 4) is 0 Å². The number of carbonyl (C=O) groups is 1. The minimum absolute atomic E-state index is 0.142. The maximum atomic E-state index is 11.1. The summed E-state index contributed by atoms with van der Waals surface area (Å²) in [6, 6.07) is 0. The van der Waals surface area contributed by atoms with Gasteiger partial charge in [-0.25, -0.2) is 0 Å². The smallest absolute Gasteiger partial charge is 0.230 e. The maximum Gasteiger partial charge on any atom is 0.230 e. The van der Waals surface area contributed by atoms with E-state index in [4.69, 9.17) is 0 Å². The van der Waals surface area contributed by atoms with Crippen LogP contribution in [-0.2, 0) is 4.79 Å². The van der Waals surface area contributed by atoms with E-state index in [2.05, 4.69) is 4.99 Å². The van der Waals surface area contributed by atoms with Gasteiger partial charge in [-0.2, -0.15) is 0 Å². The van der Waals surface area contributed by atoms with Crippen molar-refractivity contribution in [2.75, 3.05) is 27.7 Å². The highest BCUT2D eigenvalue weighted by molar-refractivity contribution is 5.98. The number of rotatable bonds is 0. The Bertz CT molecular complexity index is 200. The molecule has 11 heavy (non-hydrogen) atoms. The molecule has 0 N–H and O–H groups in total. The van der Waals surface area contributed by atoms with Gasteiger partial charge in [0.15, 0.2) is 0 Å². The highest BCUT2D eigenvalue weighted by Gasteiger charge is 2.23. The average Bonchev–Trinajstić information content (AvgIpc) is 1.99. The van der Waals surface area contributed by atoms with Crippen LogP contribution in [0.15, 0.2) is 4.99 Å². The predicted octanol–water partition coefficient (Wildman–Crippen LogP) is -0.234. The molecule has 1 rings (SSSR count). The van der Waals surface area contributed by atoms with Crippen molar-refractivity contribution in [1.29, 1.82) is 0 Å². The fraction of sp³-hybridized carbons (Fsp3) is 0.714. The molecule has 1 saturated heterocycles. The van der Waals surface area contributed by atoms with E-state index in [0.29, 0.717) is 6.42 Å². The number of guanidine groups is 1. The molecule has 0 aromatic rings. The third-order valence-electron chi connectivity index (χ3n) is 1.88. The third kappa shape index (κ3) is 1.34. The van der Waals surface area contributed by atoms with Gasteiger partial charge in [-0.05, 0) is 0 Å². The van der Waals surface area contributed by atoms with Gasteiger partial charge in [-0.3, -0.25) is 14.7 Å². The Labute approximate surface area is 66.5 Å². The summed E-state index contributed by atoms with van der Waals surface area (Å²) in [7, 11) is 5.38. The summed E-state index contributed by atoms with van der Waals surface area (Å²) in [4.78, 5) is 18.7. The van der Waals surface area contributed by atoms with E-state index in [9.17, 15) is 4.79 Å². The van der Waals surface area contributed by atoms with Crippen LogP contribution in [-0.4, -0.2) is 49.4 Å². The molecular formula is C7H13N3O. The summed E-state index contributed by atoms with van der Waals surface area (Å²) in [6.45, 7) is 0.774. The zero-order chi connectivity index (χ0) is 8.43. The topological polar surface area (TPSA) is 35.9 Å². The van der Waals surface area contributed by atoms with E-state index < -0.39 is 0 Å². The van der Waals surface area contributed by atoms with Gasteiger partial charge < -0.3 is 4.90 Å². The average molecular weight is 155 g/mol. The van der Waals surface area contributed by atoms with Crippen molar-refractivity contribution in [3.05, 3.63) is 0 Å². The number of hydrogen-bond acceptors (Lipinski definition) is 2.